The first kappa shape index (κ1) is 16.9. The van der Waals surface area contributed by atoms with Gasteiger partial charge in [-0.25, -0.2) is 4.98 Å². The van der Waals surface area contributed by atoms with Crippen LogP contribution in [0.1, 0.15) is 41.0 Å². The van der Waals surface area contributed by atoms with E-state index in [1.54, 1.807) is 11.0 Å². The minimum Gasteiger partial charge on any atom is -0.378 e. The highest BCUT2D eigenvalue weighted by molar-refractivity contribution is 5.96. The van der Waals surface area contributed by atoms with Crippen molar-refractivity contribution in [2.24, 2.45) is 0 Å². The second kappa shape index (κ2) is 7.30. The largest absolute Gasteiger partial charge is 0.378 e. The summed E-state index contributed by atoms with van der Waals surface area (Å²) in [5.74, 6) is -0.0837. The van der Waals surface area contributed by atoms with E-state index in [0.29, 0.717) is 38.5 Å². The molecule has 24 heavy (non-hydrogen) atoms. The van der Waals surface area contributed by atoms with Gasteiger partial charge >= 0.3 is 0 Å². The number of amides is 2. The van der Waals surface area contributed by atoms with Crippen LogP contribution in [0.25, 0.3) is 0 Å². The summed E-state index contributed by atoms with van der Waals surface area (Å²) in [4.78, 5) is 33.8. The highest BCUT2D eigenvalue weighted by Crippen LogP contribution is 2.22. The molecule has 0 aromatic carbocycles. The molecule has 2 aliphatic heterocycles. The fraction of sp³-hybridized carbons (Fsp3) is 0.611. The second-order valence-electron chi connectivity index (χ2n) is 6.55. The molecule has 2 fully saturated rings. The minimum absolute atomic E-state index is 0.0511. The zero-order valence-corrected chi connectivity index (χ0v) is 14.5. The van der Waals surface area contributed by atoms with Crippen LogP contribution in [0.15, 0.2) is 12.1 Å². The molecule has 0 saturated carbocycles. The van der Waals surface area contributed by atoms with Gasteiger partial charge in [0.25, 0.3) is 5.91 Å². The van der Waals surface area contributed by atoms with E-state index in [1.165, 1.54) is 0 Å². The number of nitrogens with zero attached hydrogens (tertiary/aromatic N) is 3. The molecule has 2 saturated heterocycles. The number of piperidine rings is 1. The molecule has 0 bridgehead atoms. The summed E-state index contributed by atoms with van der Waals surface area (Å²) in [7, 11) is 0. The number of likely N-dealkylation sites (tertiary alicyclic amines) is 1. The van der Waals surface area contributed by atoms with Crippen LogP contribution < -0.4 is 0 Å². The van der Waals surface area contributed by atoms with Crippen molar-refractivity contribution < 1.29 is 14.3 Å². The lowest BCUT2D eigenvalue weighted by atomic mass is 10.00. The molecule has 2 amide bonds. The molecular weight excluding hydrogens is 306 g/mol. The molecule has 3 rings (SSSR count). The fourth-order valence-corrected chi connectivity index (χ4v) is 3.32. The first-order valence-corrected chi connectivity index (χ1v) is 8.69. The monoisotopic (exact) mass is 331 g/mol. The van der Waals surface area contributed by atoms with Crippen molar-refractivity contribution >= 4 is 11.8 Å². The third kappa shape index (κ3) is 3.43. The molecule has 2 aliphatic rings. The number of ether oxygens (including phenoxy) is 1. The van der Waals surface area contributed by atoms with Crippen molar-refractivity contribution in [1.29, 1.82) is 0 Å². The summed E-state index contributed by atoms with van der Waals surface area (Å²) in [6, 6.07) is 3.31. The Bertz CT molecular complexity index is 626. The minimum atomic E-state index is -0.368. The maximum Gasteiger partial charge on any atom is 0.273 e. The SMILES string of the molecule is Cc1ccc(C(=O)N2CCCCC2C(=O)N2CCOCC2)nc1C. The van der Waals surface area contributed by atoms with Gasteiger partial charge in [0.05, 0.1) is 13.2 Å². The third-order valence-corrected chi connectivity index (χ3v) is 4.94. The number of rotatable bonds is 2. The Morgan fingerprint density at radius 1 is 1.12 bits per heavy atom. The summed E-state index contributed by atoms with van der Waals surface area (Å²) < 4.78 is 5.32. The normalized spacial score (nSPS) is 21.7. The van der Waals surface area contributed by atoms with E-state index in [9.17, 15) is 9.59 Å². The van der Waals surface area contributed by atoms with Crippen molar-refractivity contribution in [2.45, 2.75) is 39.2 Å². The lowest BCUT2D eigenvalue weighted by Crippen LogP contribution is -2.55. The Morgan fingerprint density at radius 3 is 2.58 bits per heavy atom. The Labute approximate surface area is 142 Å². The predicted octanol–water partition coefficient (Wildman–Crippen LogP) is 1.55. The third-order valence-electron chi connectivity index (χ3n) is 4.94. The van der Waals surface area contributed by atoms with Gasteiger partial charge in [0.2, 0.25) is 5.91 Å². The summed E-state index contributed by atoms with van der Waals surface area (Å²) in [5.41, 5.74) is 2.35. The van der Waals surface area contributed by atoms with Crippen LogP contribution in [0.3, 0.4) is 0 Å². The second-order valence-corrected chi connectivity index (χ2v) is 6.55. The standard InChI is InChI=1S/C18H25N3O3/c1-13-6-7-15(19-14(13)2)17(22)21-8-4-3-5-16(21)18(23)20-9-11-24-12-10-20/h6-7,16H,3-5,8-12H2,1-2H3. The molecule has 1 aromatic heterocycles. The Kier molecular flexibility index (Phi) is 5.14. The van der Waals surface area contributed by atoms with E-state index < -0.39 is 0 Å². The van der Waals surface area contributed by atoms with E-state index in [0.717, 1.165) is 30.5 Å². The van der Waals surface area contributed by atoms with Crippen molar-refractivity contribution in [3.8, 4) is 0 Å². The number of hydrogen-bond donors (Lipinski definition) is 0. The number of carbonyl (C=O) groups is 2. The van der Waals surface area contributed by atoms with Gasteiger partial charge in [-0.15, -0.1) is 0 Å². The number of aryl methyl sites for hydroxylation is 2. The van der Waals surface area contributed by atoms with Gasteiger partial charge in [0.15, 0.2) is 0 Å². The number of aromatic nitrogens is 1. The Hall–Kier alpha value is -1.95. The molecule has 1 atom stereocenters. The highest BCUT2D eigenvalue weighted by Gasteiger charge is 2.36. The molecule has 0 N–H and O–H groups in total. The molecule has 1 aromatic rings. The molecule has 0 aliphatic carbocycles. The topological polar surface area (TPSA) is 62.7 Å². The van der Waals surface area contributed by atoms with Gasteiger partial charge in [-0.2, -0.15) is 0 Å². The maximum atomic E-state index is 12.9. The summed E-state index contributed by atoms with van der Waals surface area (Å²) in [6.45, 7) is 6.86. The molecule has 3 heterocycles. The van der Waals surface area contributed by atoms with E-state index in [2.05, 4.69) is 4.98 Å². The lowest BCUT2D eigenvalue weighted by molar-refractivity contribution is -0.141. The van der Waals surface area contributed by atoms with Crippen molar-refractivity contribution in [3.05, 3.63) is 29.1 Å². The zero-order valence-electron chi connectivity index (χ0n) is 14.5. The van der Waals surface area contributed by atoms with Gasteiger partial charge in [-0.3, -0.25) is 9.59 Å². The summed E-state index contributed by atoms with van der Waals surface area (Å²) >= 11 is 0. The predicted molar refractivity (Wildman–Crippen MR) is 89.8 cm³/mol. The van der Waals surface area contributed by atoms with Crippen LogP contribution in [-0.4, -0.2) is 65.5 Å². The highest BCUT2D eigenvalue weighted by atomic mass is 16.5. The van der Waals surface area contributed by atoms with Gasteiger partial charge in [-0.05, 0) is 44.7 Å². The molecule has 1 unspecified atom stereocenters. The molecule has 0 radical (unpaired) electrons. The van der Waals surface area contributed by atoms with Crippen molar-refractivity contribution in [2.75, 3.05) is 32.8 Å². The van der Waals surface area contributed by atoms with E-state index in [-0.39, 0.29) is 17.9 Å². The van der Waals surface area contributed by atoms with Crippen LogP contribution in [0.2, 0.25) is 0 Å². The van der Waals surface area contributed by atoms with Crippen LogP contribution in [0.5, 0.6) is 0 Å². The first-order valence-electron chi connectivity index (χ1n) is 8.69. The van der Waals surface area contributed by atoms with Crippen molar-refractivity contribution in [1.82, 2.24) is 14.8 Å². The lowest BCUT2D eigenvalue weighted by Gasteiger charge is -2.38. The zero-order chi connectivity index (χ0) is 17.1. The molecule has 6 nitrogen and oxygen atoms in total. The molecule has 130 valence electrons. The Morgan fingerprint density at radius 2 is 1.88 bits per heavy atom. The Balaban J connectivity index is 1.79. The van der Waals surface area contributed by atoms with Crippen LogP contribution in [0, 0.1) is 13.8 Å². The van der Waals surface area contributed by atoms with Gasteiger partial charge in [-0.1, -0.05) is 6.07 Å². The van der Waals surface area contributed by atoms with E-state index >= 15 is 0 Å². The molecular formula is C18H25N3O3. The number of pyridine rings is 1. The molecule has 6 heteroatoms. The van der Waals surface area contributed by atoms with Crippen molar-refractivity contribution in [3.63, 3.8) is 0 Å². The number of morpholine rings is 1. The van der Waals surface area contributed by atoms with E-state index in [1.807, 2.05) is 24.8 Å². The quantitative estimate of drug-likeness (QED) is 0.825. The number of hydrogen-bond acceptors (Lipinski definition) is 4. The van der Waals surface area contributed by atoms with Gasteiger partial charge in [0.1, 0.15) is 11.7 Å². The number of carbonyl (C=O) groups excluding carboxylic acids is 2. The average Bonchev–Trinajstić information content (AvgIpc) is 2.63. The fourth-order valence-electron chi connectivity index (χ4n) is 3.32. The summed E-state index contributed by atoms with van der Waals surface area (Å²) in [5, 5.41) is 0. The van der Waals surface area contributed by atoms with Crippen LogP contribution in [-0.2, 0) is 9.53 Å². The maximum absolute atomic E-state index is 12.9. The van der Waals surface area contributed by atoms with Gasteiger partial charge in [0, 0.05) is 25.3 Å². The van der Waals surface area contributed by atoms with Crippen LogP contribution >= 0.6 is 0 Å². The van der Waals surface area contributed by atoms with Gasteiger partial charge < -0.3 is 14.5 Å². The summed E-state index contributed by atoms with van der Waals surface area (Å²) in [6.07, 6.45) is 2.64. The van der Waals surface area contributed by atoms with E-state index in [4.69, 9.17) is 4.74 Å². The molecule has 0 spiro atoms. The smallest absolute Gasteiger partial charge is 0.273 e. The average molecular weight is 331 g/mol. The first-order chi connectivity index (χ1) is 11.6. The van der Waals surface area contributed by atoms with Crippen LogP contribution in [0.4, 0.5) is 0 Å².